The number of hydrogen-bond acceptors (Lipinski definition) is 4. The molecule has 1 amide bonds. The van der Waals surface area contributed by atoms with Gasteiger partial charge in [0.15, 0.2) is 0 Å². The Morgan fingerprint density at radius 2 is 1.72 bits per heavy atom. The lowest BCUT2D eigenvalue weighted by atomic mass is 10.2. The Balaban J connectivity index is 1.49. The maximum absolute atomic E-state index is 12.2. The molecule has 2 aromatic rings. The molecule has 1 fully saturated rings. The third kappa shape index (κ3) is 6.75. The van der Waals surface area contributed by atoms with Gasteiger partial charge in [0.25, 0.3) is 0 Å². The number of benzene rings is 2. The van der Waals surface area contributed by atoms with Crippen molar-refractivity contribution in [3.8, 4) is 5.75 Å². The maximum atomic E-state index is 12.2. The Kier molecular flexibility index (Phi) is 7.19. The van der Waals surface area contributed by atoms with E-state index >= 15 is 0 Å². The van der Waals surface area contributed by atoms with E-state index in [1.165, 1.54) is 5.56 Å². The first-order valence-electron chi connectivity index (χ1n) is 9.95. The first-order valence-corrected chi connectivity index (χ1v) is 10.7. The van der Waals surface area contributed by atoms with Crippen LogP contribution in [0.1, 0.15) is 31.9 Å². The van der Waals surface area contributed by atoms with Crippen molar-refractivity contribution in [1.29, 1.82) is 0 Å². The summed E-state index contributed by atoms with van der Waals surface area (Å²) in [6, 6.07) is 16.3. The second-order valence-electron chi connectivity index (χ2n) is 8.27. The van der Waals surface area contributed by atoms with Crippen LogP contribution in [-0.2, 0) is 17.9 Å². The van der Waals surface area contributed by atoms with Crippen LogP contribution in [0.4, 0.5) is 4.79 Å². The number of rotatable bonds is 5. The maximum Gasteiger partial charge on any atom is 0.410 e. The lowest BCUT2D eigenvalue weighted by Crippen LogP contribution is -2.49. The minimum atomic E-state index is -0.455. The Bertz CT molecular complexity index is 813. The predicted octanol–water partition coefficient (Wildman–Crippen LogP) is 5.08. The Morgan fingerprint density at radius 3 is 2.34 bits per heavy atom. The number of amides is 1. The zero-order chi connectivity index (χ0) is 20.9. The van der Waals surface area contributed by atoms with Crippen LogP contribution in [0.3, 0.4) is 0 Å². The van der Waals surface area contributed by atoms with Gasteiger partial charge in [-0.1, -0.05) is 52.3 Å². The van der Waals surface area contributed by atoms with Gasteiger partial charge in [-0.25, -0.2) is 4.79 Å². The third-order valence-electron chi connectivity index (χ3n) is 4.69. The number of nitrogens with zero attached hydrogens (tertiary/aromatic N) is 2. The standard InChI is InChI=1S/C23H29BrN2O3/c1-23(2,3)29-22(27)26-13-11-25(12-14-26)16-19-9-10-20(15-21(19)24)28-17-18-7-5-4-6-8-18/h4-10,15H,11-14,16-17H2,1-3H3. The molecule has 0 radical (unpaired) electrons. The van der Waals surface area contributed by atoms with Gasteiger partial charge in [0.05, 0.1) is 0 Å². The van der Waals surface area contributed by atoms with Crippen molar-refractivity contribution in [2.45, 2.75) is 39.5 Å². The van der Waals surface area contributed by atoms with E-state index in [1.54, 1.807) is 4.90 Å². The summed E-state index contributed by atoms with van der Waals surface area (Å²) in [6.45, 7) is 10.1. The van der Waals surface area contributed by atoms with E-state index in [-0.39, 0.29) is 6.09 Å². The van der Waals surface area contributed by atoms with E-state index in [9.17, 15) is 4.79 Å². The zero-order valence-electron chi connectivity index (χ0n) is 17.4. The van der Waals surface area contributed by atoms with Crippen LogP contribution in [0.25, 0.3) is 0 Å². The SMILES string of the molecule is CC(C)(C)OC(=O)N1CCN(Cc2ccc(OCc3ccccc3)cc2Br)CC1. The number of carbonyl (C=O) groups excluding carboxylic acids is 1. The summed E-state index contributed by atoms with van der Waals surface area (Å²) in [6.07, 6.45) is -0.224. The van der Waals surface area contributed by atoms with Crippen LogP contribution in [0.15, 0.2) is 53.0 Å². The lowest BCUT2D eigenvalue weighted by molar-refractivity contribution is 0.0139. The molecule has 0 aliphatic carbocycles. The smallest absolute Gasteiger partial charge is 0.410 e. The molecular formula is C23H29BrN2O3. The van der Waals surface area contributed by atoms with Crippen molar-refractivity contribution in [3.63, 3.8) is 0 Å². The molecule has 5 nitrogen and oxygen atoms in total. The first-order chi connectivity index (χ1) is 13.8. The largest absolute Gasteiger partial charge is 0.489 e. The Morgan fingerprint density at radius 1 is 1.03 bits per heavy atom. The lowest BCUT2D eigenvalue weighted by Gasteiger charge is -2.35. The normalized spacial score (nSPS) is 15.2. The summed E-state index contributed by atoms with van der Waals surface area (Å²) in [5.41, 5.74) is 1.90. The van der Waals surface area contributed by atoms with Gasteiger partial charge in [0.1, 0.15) is 18.0 Å². The molecule has 6 heteroatoms. The van der Waals surface area contributed by atoms with E-state index < -0.39 is 5.60 Å². The van der Waals surface area contributed by atoms with Gasteiger partial charge in [0.2, 0.25) is 0 Å². The predicted molar refractivity (Wildman–Crippen MR) is 118 cm³/mol. The van der Waals surface area contributed by atoms with E-state index in [1.807, 2.05) is 51.1 Å². The molecule has 156 valence electrons. The number of ether oxygens (including phenoxy) is 2. The van der Waals surface area contributed by atoms with Crippen molar-refractivity contribution in [2.24, 2.45) is 0 Å². The van der Waals surface area contributed by atoms with Gasteiger partial charge in [-0.05, 0) is 44.0 Å². The molecule has 0 unspecified atom stereocenters. The van der Waals surface area contributed by atoms with Crippen LogP contribution in [0.5, 0.6) is 5.75 Å². The van der Waals surface area contributed by atoms with Crippen molar-refractivity contribution in [2.75, 3.05) is 26.2 Å². The Labute approximate surface area is 181 Å². The molecule has 0 bridgehead atoms. The summed E-state index contributed by atoms with van der Waals surface area (Å²) in [4.78, 5) is 16.3. The van der Waals surface area contributed by atoms with Crippen molar-refractivity contribution in [1.82, 2.24) is 9.80 Å². The highest BCUT2D eigenvalue weighted by molar-refractivity contribution is 9.10. The zero-order valence-corrected chi connectivity index (χ0v) is 18.9. The van der Waals surface area contributed by atoms with Gasteiger partial charge in [-0.2, -0.15) is 0 Å². The molecule has 1 saturated heterocycles. The molecule has 0 N–H and O–H groups in total. The van der Waals surface area contributed by atoms with Gasteiger partial charge in [-0.3, -0.25) is 4.90 Å². The molecule has 0 aromatic heterocycles. The topological polar surface area (TPSA) is 42.0 Å². The molecule has 1 aliphatic heterocycles. The number of halogens is 1. The minimum Gasteiger partial charge on any atom is -0.489 e. The first kappa shape index (κ1) is 21.7. The fourth-order valence-electron chi connectivity index (χ4n) is 3.14. The van der Waals surface area contributed by atoms with E-state index in [0.717, 1.165) is 35.4 Å². The van der Waals surface area contributed by atoms with Gasteiger partial charge < -0.3 is 14.4 Å². The highest BCUT2D eigenvalue weighted by atomic mass is 79.9. The molecule has 2 aromatic carbocycles. The summed E-state index contributed by atoms with van der Waals surface area (Å²) in [5, 5.41) is 0. The summed E-state index contributed by atoms with van der Waals surface area (Å²) in [7, 11) is 0. The van der Waals surface area contributed by atoms with Gasteiger partial charge >= 0.3 is 6.09 Å². The third-order valence-corrected chi connectivity index (χ3v) is 5.43. The van der Waals surface area contributed by atoms with E-state index in [4.69, 9.17) is 9.47 Å². The van der Waals surface area contributed by atoms with Crippen LogP contribution >= 0.6 is 15.9 Å². The van der Waals surface area contributed by atoms with Crippen LogP contribution in [0.2, 0.25) is 0 Å². The number of piperazine rings is 1. The summed E-state index contributed by atoms with van der Waals surface area (Å²) < 4.78 is 12.4. The molecule has 29 heavy (non-hydrogen) atoms. The molecule has 0 atom stereocenters. The van der Waals surface area contributed by atoms with Crippen molar-refractivity contribution >= 4 is 22.0 Å². The highest BCUT2D eigenvalue weighted by Crippen LogP contribution is 2.25. The molecular weight excluding hydrogens is 432 g/mol. The average Bonchev–Trinajstić information content (AvgIpc) is 2.68. The summed E-state index contributed by atoms with van der Waals surface area (Å²) in [5.74, 6) is 0.847. The quantitative estimate of drug-likeness (QED) is 0.623. The van der Waals surface area contributed by atoms with Gasteiger partial charge in [-0.15, -0.1) is 0 Å². The van der Waals surface area contributed by atoms with Crippen LogP contribution in [0, 0.1) is 0 Å². The van der Waals surface area contributed by atoms with Crippen LogP contribution in [-0.4, -0.2) is 47.7 Å². The number of hydrogen-bond donors (Lipinski definition) is 0. The number of carbonyl (C=O) groups is 1. The molecule has 1 heterocycles. The molecule has 0 saturated carbocycles. The monoisotopic (exact) mass is 460 g/mol. The summed E-state index contributed by atoms with van der Waals surface area (Å²) >= 11 is 3.68. The fourth-order valence-corrected chi connectivity index (χ4v) is 3.63. The van der Waals surface area contributed by atoms with Crippen molar-refractivity contribution < 1.29 is 14.3 Å². The molecule has 0 spiro atoms. The average molecular weight is 461 g/mol. The van der Waals surface area contributed by atoms with E-state index in [0.29, 0.717) is 19.7 Å². The van der Waals surface area contributed by atoms with Crippen molar-refractivity contribution in [3.05, 3.63) is 64.1 Å². The Hall–Kier alpha value is -2.05. The van der Waals surface area contributed by atoms with Crippen LogP contribution < -0.4 is 4.74 Å². The van der Waals surface area contributed by atoms with E-state index in [2.05, 4.69) is 39.0 Å². The minimum absolute atomic E-state index is 0.224. The fraction of sp³-hybridized carbons (Fsp3) is 0.435. The second-order valence-corrected chi connectivity index (χ2v) is 9.13. The second kappa shape index (κ2) is 9.63. The van der Waals surface area contributed by atoms with Gasteiger partial charge in [0, 0.05) is 37.2 Å². The molecule has 1 aliphatic rings. The highest BCUT2D eigenvalue weighted by Gasteiger charge is 2.26. The molecule has 3 rings (SSSR count).